The van der Waals surface area contributed by atoms with E-state index in [4.69, 9.17) is 13.6 Å². The quantitative estimate of drug-likeness (QED) is 0.666. The molecule has 2 aromatic heterocycles. The topological polar surface area (TPSA) is 91.6 Å². The smallest absolute Gasteiger partial charge is 0.262 e. The zero-order chi connectivity index (χ0) is 16.8. The summed E-state index contributed by atoms with van der Waals surface area (Å²) in [5, 5.41) is 11.8. The van der Waals surface area contributed by atoms with Gasteiger partial charge < -0.3 is 23.8 Å². The zero-order valence-electron chi connectivity index (χ0n) is 13.0. The minimum absolute atomic E-state index is 0.0237. The highest BCUT2D eigenvalue weighted by molar-refractivity contribution is 6.01. The molecule has 1 amide bonds. The number of nitriles is 1. The fraction of sp³-hybridized carbons (Fsp3) is 0.294. The normalized spacial score (nSPS) is 15.1. The van der Waals surface area contributed by atoms with Crippen molar-refractivity contribution in [3.63, 3.8) is 0 Å². The summed E-state index contributed by atoms with van der Waals surface area (Å²) in [6, 6.07) is 8.94. The monoisotopic (exact) mass is 327 g/mol. The number of hydrogen-bond acceptors (Lipinski definition) is 6. The van der Waals surface area contributed by atoms with Gasteiger partial charge in [-0.2, -0.15) is 5.26 Å². The molecule has 124 valence electrons. The highest BCUT2D eigenvalue weighted by Gasteiger charge is 2.15. The number of carbonyl (C=O) groups is 1. The molecule has 0 unspecified atom stereocenters. The lowest BCUT2D eigenvalue weighted by molar-refractivity contribution is -0.117. The Labute approximate surface area is 139 Å². The number of nitrogens with zero attached hydrogens (tertiary/aromatic N) is 2. The molecule has 1 aliphatic heterocycles. The Morgan fingerprint density at radius 1 is 1.33 bits per heavy atom. The lowest BCUT2D eigenvalue weighted by Gasteiger charge is -2.26. The number of nitrogens with one attached hydrogen (secondary N) is 1. The molecule has 3 heterocycles. The largest absolute Gasteiger partial charge is 0.467 e. The lowest BCUT2D eigenvalue weighted by Crippen LogP contribution is -2.35. The molecule has 24 heavy (non-hydrogen) atoms. The summed E-state index contributed by atoms with van der Waals surface area (Å²) in [4.78, 5) is 14.1. The van der Waals surface area contributed by atoms with Gasteiger partial charge in [0.05, 0.1) is 26.0 Å². The molecule has 0 aliphatic carbocycles. The molecule has 3 rings (SSSR count). The van der Waals surface area contributed by atoms with E-state index < -0.39 is 5.91 Å². The van der Waals surface area contributed by atoms with Gasteiger partial charge in [-0.15, -0.1) is 0 Å². The predicted octanol–water partition coefficient (Wildman–Crippen LogP) is 1.93. The van der Waals surface area contributed by atoms with Crippen LogP contribution in [-0.4, -0.2) is 32.2 Å². The SMILES string of the molecule is N#C/C(=C\c1ccc(N2CCOCC2)o1)C(=O)NCc1ccco1. The van der Waals surface area contributed by atoms with Crippen molar-refractivity contribution < 1.29 is 18.4 Å². The third kappa shape index (κ3) is 3.86. The van der Waals surface area contributed by atoms with Crippen LogP contribution in [0.1, 0.15) is 11.5 Å². The van der Waals surface area contributed by atoms with Gasteiger partial charge in [0, 0.05) is 25.2 Å². The summed E-state index contributed by atoms with van der Waals surface area (Å²) in [5.41, 5.74) is -0.0237. The zero-order valence-corrected chi connectivity index (χ0v) is 13.0. The van der Waals surface area contributed by atoms with Crippen LogP contribution in [0.25, 0.3) is 6.08 Å². The molecular weight excluding hydrogens is 310 g/mol. The molecule has 7 nitrogen and oxygen atoms in total. The van der Waals surface area contributed by atoms with Gasteiger partial charge in [-0.3, -0.25) is 4.79 Å². The number of morpholine rings is 1. The van der Waals surface area contributed by atoms with Gasteiger partial charge >= 0.3 is 0 Å². The number of anilines is 1. The minimum Gasteiger partial charge on any atom is -0.467 e. The number of amides is 1. The van der Waals surface area contributed by atoms with E-state index in [-0.39, 0.29) is 12.1 Å². The van der Waals surface area contributed by atoms with E-state index in [0.717, 1.165) is 13.1 Å². The van der Waals surface area contributed by atoms with Crippen LogP contribution in [0.5, 0.6) is 0 Å². The van der Waals surface area contributed by atoms with Crippen molar-refractivity contribution >= 4 is 17.9 Å². The minimum atomic E-state index is -0.474. The van der Waals surface area contributed by atoms with Gasteiger partial charge in [-0.1, -0.05) is 0 Å². The third-order valence-corrected chi connectivity index (χ3v) is 3.59. The van der Waals surface area contributed by atoms with Gasteiger partial charge in [0.2, 0.25) is 0 Å². The van der Waals surface area contributed by atoms with E-state index in [1.807, 2.05) is 12.1 Å². The lowest BCUT2D eigenvalue weighted by atomic mass is 10.2. The standard InChI is InChI=1S/C17H17N3O4/c18-11-13(17(21)19-12-15-2-1-7-23-15)10-14-3-4-16(24-14)20-5-8-22-9-6-20/h1-4,7,10H,5-6,8-9,12H2,(H,19,21)/b13-10+. The van der Waals surface area contributed by atoms with Crippen molar-refractivity contribution in [3.05, 3.63) is 47.6 Å². The third-order valence-electron chi connectivity index (χ3n) is 3.59. The Hall–Kier alpha value is -2.98. The number of ether oxygens (including phenoxy) is 1. The van der Waals surface area contributed by atoms with E-state index >= 15 is 0 Å². The van der Waals surface area contributed by atoms with E-state index in [0.29, 0.717) is 30.6 Å². The summed E-state index contributed by atoms with van der Waals surface area (Å²) < 4.78 is 16.1. The first-order valence-electron chi connectivity index (χ1n) is 7.61. The average Bonchev–Trinajstić information content (AvgIpc) is 3.30. The van der Waals surface area contributed by atoms with Crippen LogP contribution in [0, 0.1) is 11.3 Å². The highest BCUT2D eigenvalue weighted by Crippen LogP contribution is 2.21. The van der Waals surface area contributed by atoms with Crippen molar-refractivity contribution in [2.45, 2.75) is 6.54 Å². The van der Waals surface area contributed by atoms with Gasteiger partial charge in [0.25, 0.3) is 5.91 Å². The second kappa shape index (κ2) is 7.53. The summed E-state index contributed by atoms with van der Waals surface area (Å²) in [6.07, 6.45) is 2.96. The highest BCUT2D eigenvalue weighted by atomic mass is 16.5. The second-order valence-corrected chi connectivity index (χ2v) is 5.21. The molecule has 0 bridgehead atoms. The van der Waals surface area contributed by atoms with Crippen LogP contribution >= 0.6 is 0 Å². The van der Waals surface area contributed by atoms with Crippen LogP contribution in [0.4, 0.5) is 5.88 Å². The van der Waals surface area contributed by atoms with Gasteiger partial charge in [-0.25, -0.2) is 0 Å². The number of rotatable bonds is 5. The number of carbonyl (C=O) groups excluding carboxylic acids is 1. The number of furan rings is 2. The van der Waals surface area contributed by atoms with Gasteiger partial charge in [0.15, 0.2) is 5.88 Å². The summed E-state index contributed by atoms with van der Waals surface area (Å²) in [5.74, 6) is 1.31. The Balaban J connectivity index is 1.65. The molecule has 0 radical (unpaired) electrons. The van der Waals surface area contributed by atoms with Crippen LogP contribution in [0.15, 0.2) is 44.9 Å². The first-order valence-corrected chi connectivity index (χ1v) is 7.61. The van der Waals surface area contributed by atoms with Crippen molar-refractivity contribution in [1.82, 2.24) is 5.32 Å². The van der Waals surface area contributed by atoms with Crippen LogP contribution < -0.4 is 10.2 Å². The molecule has 0 aromatic carbocycles. The maximum absolute atomic E-state index is 12.1. The molecule has 7 heteroatoms. The van der Waals surface area contributed by atoms with Crippen LogP contribution in [0.3, 0.4) is 0 Å². The summed E-state index contributed by atoms with van der Waals surface area (Å²) >= 11 is 0. The fourth-order valence-electron chi connectivity index (χ4n) is 2.34. The van der Waals surface area contributed by atoms with Crippen LogP contribution in [0.2, 0.25) is 0 Å². The van der Waals surface area contributed by atoms with E-state index in [9.17, 15) is 10.1 Å². The maximum atomic E-state index is 12.1. The maximum Gasteiger partial charge on any atom is 0.262 e. The Kier molecular flexibility index (Phi) is 4.99. The second-order valence-electron chi connectivity index (χ2n) is 5.21. The fourth-order valence-corrected chi connectivity index (χ4v) is 2.34. The van der Waals surface area contributed by atoms with E-state index in [1.165, 1.54) is 12.3 Å². The molecular formula is C17H17N3O4. The van der Waals surface area contributed by atoms with E-state index in [2.05, 4.69) is 10.2 Å². The summed E-state index contributed by atoms with van der Waals surface area (Å²) in [6.45, 7) is 3.05. The van der Waals surface area contributed by atoms with Crippen molar-refractivity contribution in [2.75, 3.05) is 31.2 Å². The molecule has 1 fully saturated rings. The van der Waals surface area contributed by atoms with Crippen molar-refractivity contribution in [1.29, 1.82) is 5.26 Å². The molecule has 0 atom stereocenters. The van der Waals surface area contributed by atoms with Gasteiger partial charge in [-0.05, 0) is 18.2 Å². The van der Waals surface area contributed by atoms with Gasteiger partial charge in [0.1, 0.15) is 23.2 Å². The molecule has 1 aliphatic rings. The molecule has 0 spiro atoms. The first kappa shape index (κ1) is 15.9. The molecule has 1 saturated heterocycles. The summed E-state index contributed by atoms with van der Waals surface area (Å²) in [7, 11) is 0. The van der Waals surface area contributed by atoms with E-state index in [1.54, 1.807) is 18.2 Å². The Morgan fingerprint density at radius 2 is 2.17 bits per heavy atom. The van der Waals surface area contributed by atoms with Crippen LogP contribution in [-0.2, 0) is 16.1 Å². The average molecular weight is 327 g/mol. The predicted molar refractivity (Wildman–Crippen MR) is 85.9 cm³/mol. The van der Waals surface area contributed by atoms with Crippen molar-refractivity contribution in [3.8, 4) is 6.07 Å². The molecule has 0 saturated carbocycles. The Morgan fingerprint density at radius 3 is 2.88 bits per heavy atom. The Bertz CT molecular complexity index is 749. The van der Waals surface area contributed by atoms with Crippen molar-refractivity contribution in [2.24, 2.45) is 0 Å². The number of hydrogen-bond donors (Lipinski definition) is 1. The molecule has 2 aromatic rings. The first-order chi connectivity index (χ1) is 11.8. The molecule has 1 N–H and O–H groups in total.